The summed E-state index contributed by atoms with van der Waals surface area (Å²) in [6.07, 6.45) is 5.94. The number of halogens is 2. The van der Waals surface area contributed by atoms with E-state index in [2.05, 4.69) is 32.1 Å². The van der Waals surface area contributed by atoms with Crippen molar-refractivity contribution >= 4 is 28.5 Å². The number of nitrogens with zero attached hydrogens (tertiary/aromatic N) is 4. The van der Waals surface area contributed by atoms with Crippen LogP contribution in [0.2, 0.25) is 0 Å². The van der Waals surface area contributed by atoms with Gasteiger partial charge in [-0.25, -0.2) is 23.7 Å². The summed E-state index contributed by atoms with van der Waals surface area (Å²) in [5, 5.41) is 3.08. The van der Waals surface area contributed by atoms with Crippen LogP contribution >= 0.6 is 0 Å². The fourth-order valence-electron chi connectivity index (χ4n) is 4.62. The molecule has 0 spiro atoms. The molecular weight excluding hydrogens is 476 g/mol. The average Bonchev–Trinajstić information content (AvgIpc) is 3.40. The molecule has 2 aromatic carbocycles. The number of hydrogen-bond donors (Lipinski definition) is 1. The third kappa shape index (κ3) is 4.61. The largest absolute Gasteiger partial charge is 0.325 e. The molecule has 184 valence electrons. The van der Waals surface area contributed by atoms with Gasteiger partial charge in [0.25, 0.3) is 11.8 Å². The third-order valence-corrected chi connectivity index (χ3v) is 6.29. The molecule has 37 heavy (non-hydrogen) atoms. The van der Waals surface area contributed by atoms with Crippen molar-refractivity contribution in [1.82, 2.24) is 19.9 Å². The zero-order chi connectivity index (χ0) is 25.9. The Labute approximate surface area is 211 Å². The Balaban J connectivity index is 1.57. The lowest BCUT2D eigenvalue weighted by atomic mass is 9.94. The van der Waals surface area contributed by atoms with Gasteiger partial charge in [-0.1, -0.05) is 18.1 Å². The van der Waals surface area contributed by atoms with Crippen molar-refractivity contribution in [2.75, 3.05) is 11.9 Å². The molecule has 1 saturated heterocycles. The Morgan fingerprint density at radius 2 is 1.97 bits per heavy atom. The van der Waals surface area contributed by atoms with Crippen LogP contribution in [0.15, 0.2) is 61.2 Å². The molecule has 5 rings (SSSR count). The molecule has 0 radical (unpaired) electrons. The predicted octanol–water partition coefficient (Wildman–Crippen LogP) is 4.91. The van der Waals surface area contributed by atoms with E-state index in [0.717, 1.165) is 6.42 Å². The van der Waals surface area contributed by atoms with Gasteiger partial charge >= 0.3 is 0 Å². The number of aromatic nitrogens is 3. The van der Waals surface area contributed by atoms with Gasteiger partial charge in [0.1, 0.15) is 12.1 Å². The molecule has 9 heteroatoms. The van der Waals surface area contributed by atoms with E-state index in [1.165, 1.54) is 24.7 Å². The van der Waals surface area contributed by atoms with E-state index in [1.807, 2.05) is 0 Å². The second kappa shape index (κ2) is 10.1. The summed E-state index contributed by atoms with van der Waals surface area (Å²) in [4.78, 5) is 39.3. The number of likely N-dealkylation sites (tertiary alicyclic amines) is 1. The highest BCUT2D eigenvalue weighted by molar-refractivity contribution is 6.04. The number of rotatable bonds is 4. The van der Waals surface area contributed by atoms with Crippen LogP contribution in [-0.4, -0.2) is 38.2 Å². The highest BCUT2D eigenvalue weighted by atomic mass is 19.2. The summed E-state index contributed by atoms with van der Waals surface area (Å²) < 4.78 is 30.5. The van der Waals surface area contributed by atoms with Gasteiger partial charge in [0.2, 0.25) is 0 Å². The van der Waals surface area contributed by atoms with E-state index in [4.69, 9.17) is 0 Å². The molecular formula is C28H21F2N5O2. The quantitative estimate of drug-likeness (QED) is 0.405. The van der Waals surface area contributed by atoms with Crippen LogP contribution in [0.1, 0.15) is 41.7 Å². The summed E-state index contributed by atoms with van der Waals surface area (Å²) in [5.74, 6) is 1.91. The molecule has 1 fully saturated rings. The molecule has 1 atom stereocenters. The molecule has 1 N–H and O–H groups in total. The lowest BCUT2D eigenvalue weighted by Crippen LogP contribution is -2.29. The first-order valence-electron chi connectivity index (χ1n) is 11.7. The van der Waals surface area contributed by atoms with Crippen LogP contribution in [0.3, 0.4) is 0 Å². The van der Waals surface area contributed by atoms with Gasteiger partial charge in [0.05, 0.1) is 17.1 Å². The third-order valence-electron chi connectivity index (χ3n) is 6.29. The van der Waals surface area contributed by atoms with E-state index in [0.29, 0.717) is 35.0 Å². The maximum absolute atomic E-state index is 15.4. The Hall–Kier alpha value is -4.71. The molecule has 7 nitrogen and oxygen atoms in total. The van der Waals surface area contributed by atoms with Crippen LogP contribution in [-0.2, 0) is 4.79 Å². The number of carbonyl (C=O) groups excluding carboxylic acids is 2. The van der Waals surface area contributed by atoms with Gasteiger partial charge in [-0.3, -0.25) is 9.59 Å². The Kier molecular flexibility index (Phi) is 6.56. The number of anilines is 1. The minimum atomic E-state index is -1.27. The number of hydrogen-bond acceptors (Lipinski definition) is 5. The minimum absolute atomic E-state index is 0.0249. The van der Waals surface area contributed by atoms with Crippen LogP contribution in [0.4, 0.5) is 14.6 Å². The molecule has 1 unspecified atom stereocenters. The van der Waals surface area contributed by atoms with Gasteiger partial charge in [-0.15, -0.1) is 0 Å². The Bertz CT molecular complexity index is 1580. The van der Waals surface area contributed by atoms with Crippen molar-refractivity contribution in [3.8, 4) is 23.0 Å². The molecule has 3 heterocycles. The summed E-state index contributed by atoms with van der Waals surface area (Å²) in [6, 6.07) is 10.5. The topological polar surface area (TPSA) is 88.1 Å². The van der Waals surface area contributed by atoms with Crippen LogP contribution in [0.25, 0.3) is 22.0 Å². The van der Waals surface area contributed by atoms with E-state index in [9.17, 15) is 9.59 Å². The molecule has 4 aromatic rings. The lowest BCUT2D eigenvalue weighted by Gasteiger charge is -2.24. The van der Waals surface area contributed by atoms with Gasteiger partial charge in [0, 0.05) is 35.5 Å². The molecule has 0 aliphatic carbocycles. The van der Waals surface area contributed by atoms with E-state index in [1.54, 1.807) is 48.4 Å². The standard InChI is InChI=1S/C28H21F2N5O2/c1-2-6-24(36)35-12-5-7-22(35)21-14-17(13-18-15-31-16-33-27(18)21)19-9-10-20(26(30)25(19)29)28(37)34-23-8-3-4-11-32-23/h3-4,8-11,13-16,22H,5,7,12H2,1H3,(H,32,34,37). The molecule has 2 amide bonds. The van der Waals surface area contributed by atoms with Crippen molar-refractivity contribution < 1.29 is 18.4 Å². The predicted molar refractivity (Wildman–Crippen MR) is 134 cm³/mol. The zero-order valence-electron chi connectivity index (χ0n) is 19.8. The zero-order valence-corrected chi connectivity index (χ0v) is 19.8. The maximum Gasteiger partial charge on any atom is 0.298 e. The van der Waals surface area contributed by atoms with Gasteiger partial charge in [0.15, 0.2) is 11.6 Å². The van der Waals surface area contributed by atoms with Crippen molar-refractivity contribution in [2.24, 2.45) is 0 Å². The smallest absolute Gasteiger partial charge is 0.298 e. The Morgan fingerprint density at radius 3 is 2.76 bits per heavy atom. The van der Waals surface area contributed by atoms with E-state index in [-0.39, 0.29) is 23.3 Å². The Morgan fingerprint density at radius 1 is 1.11 bits per heavy atom. The van der Waals surface area contributed by atoms with Gasteiger partial charge < -0.3 is 10.2 Å². The fraction of sp³-hybridized carbons (Fsp3) is 0.179. The first-order chi connectivity index (χ1) is 18.0. The summed E-state index contributed by atoms with van der Waals surface area (Å²) in [7, 11) is 0. The van der Waals surface area contributed by atoms with Crippen molar-refractivity contribution in [3.63, 3.8) is 0 Å². The van der Waals surface area contributed by atoms with Gasteiger partial charge in [-0.05, 0) is 61.6 Å². The summed E-state index contributed by atoms with van der Waals surface area (Å²) in [6.45, 7) is 2.14. The second-order valence-corrected chi connectivity index (χ2v) is 8.52. The second-order valence-electron chi connectivity index (χ2n) is 8.52. The van der Waals surface area contributed by atoms with Crippen LogP contribution < -0.4 is 5.32 Å². The van der Waals surface area contributed by atoms with Crippen LogP contribution in [0, 0.1) is 23.5 Å². The number of pyridine rings is 1. The van der Waals surface area contributed by atoms with Crippen molar-refractivity contribution in [1.29, 1.82) is 0 Å². The number of benzene rings is 2. The average molecular weight is 498 g/mol. The fourth-order valence-corrected chi connectivity index (χ4v) is 4.62. The highest BCUT2D eigenvalue weighted by Crippen LogP contribution is 2.38. The number of amides is 2. The van der Waals surface area contributed by atoms with E-state index < -0.39 is 23.1 Å². The SMILES string of the molecule is CC#CC(=O)N1CCCC1c1cc(-c2ccc(C(=O)Nc3ccccn3)c(F)c2F)cc2cncnc12. The number of fused-ring (bicyclic) bond motifs is 1. The van der Waals surface area contributed by atoms with Crippen molar-refractivity contribution in [3.05, 3.63) is 83.9 Å². The first-order valence-corrected chi connectivity index (χ1v) is 11.7. The van der Waals surface area contributed by atoms with Gasteiger partial charge in [-0.2, -0.15) is 0 Å². The lowest BCUT2D eigenvalue weighted by molar-refractivity contribution is -0.125. The summed E-state index contributed by atoms with van der Waals surface area (Å²) >= 11 is 0. The molecule has 0 bridgehead atoms. The van der Waals surface area contributed by atoms with Crippen LogP contribution in [0.5, 0.6) is 0 Å². The van der Waals surface area contributed by atoms with E-state index >= 15 is 8.78 Å². The molecule has 0 saturated carbocycles. The molecule has 1 aliphatic rings. The minimum Gasteiger partial charge on any atom is -0.325 e. The number of nitrogens with one attached hydrogen (secondary N) is 1. The monoisotopic (exact) mass is 497 g/mol. The molecule has 2 aromatic heterocycles. The highest BCUT2D eigenvalue weighted by Gasteiger charge is 2.31. The molecule has 1 aliphatic heterocycles. The normalized spacial score (nSPS) is 14.8. The maximum atomic E-state index is 15.4. The first kappa shape index (κ1) is 24.0. The summed E-state index contributed by atoms with van der Waals surface area (Å²) in [5.41, 5.74) is 1.24. The van der Waals surface area contributed by atoms with Crippen molar-refractivity contribution in [2.45, 2.75) is 25.8 Å². The number of carbonyl (C=O) groups is 2.